The van der Waals surface area contributed by atoms with Crippen LogP contribution in [0.15, 0.2) is 39.3 Å². The van der Waals surface area contributed by atoms with Gasteiger partial charge < -0.3 is 0 Å². The van der Waals surface area contributed by atoms with Crippen molar-refractivity contribution in [3.8, 4) is 11.1 Å². The summed E-state index contributed by atoms with van der Waals surface area (Å²) >= 11 is 0. The Balaban J connectivity index is 2.72. The molecule has 1 aromatic heterocycles. The van der Waals surface area contributed by atoms with Gasteiger partial charge >= 0.3 is 0 Å². The van der Waals surface area contributed by atoms with Gasteiger partial charge in [0.25, 0.3) is 4.74 Å². The second-order valence-electron chi connectivity index (χ2n) is 3.39. The number of benzene rings is 1. The van der Waals surface area contributed by atoms with Gasteiger partial charge in [-0.1, -0.05) is 47.6 Å². The van der Waals surface area contributed by atoms with Gasteiger partial charge in [0.1, 0.15) is 4.21 Å². The Morgan fingerprint density at radius 2 is 1.76 bits per heavy atom. The zero-order chi connectivity index (χ0) is 12.5. The minimum Gasteiger partial charge on any atom is -0.276 e. The highest BCUT2D eigenvalue weighted by Crippen LogP contribution is 2.31. The van der Waals surface area contributed by atoms with Crippen molar-refractivity contribution in [1.82, 2.24) is 0 Å². The molecule has 0 N–H and O–H groups in total. The molecular weight excluding hydrogens is 276 g/mol. The van der Waals surface area contributed by atoms with Gasteiger partial charge in [0.15, 0.2) is 9.84 Å². The van der Waals surface area contributed by atoms with Crippen LogP contribution in [0.4, 0.5) is 0 Å². The Morgan fingerprint density at radius 3 is 2.35 bits per heavy atom. The number of rotatable bonds is 3. The third kappa shape index (κ3) is 2.34. The molecule has 6 heteroatoms. The zero-order valence-electron chi connectivity index (χ0n) is 9.04. The van der Waals surface area contributed by atoms with Crippen molar-refractivity contribution in [2.75, 3.05) is 5.75 Å². The average molecular weight is 286 g/mol. The summed E-state index contributed by atoms with van der Waals surface area (Å²) in [5.74, 6) is 0.0134. The molecule has 0 saturated carbocycles. The Morgan fingerprint density at radius 1 is 1.12 bits per heavy atom. The van der Waals surface area contributed by atoms with Crippen molar-refractivity contribution >= 4 is 30.5 Å². The highest BCUT2D eigenvalue weighted by atomic mass is 32.9. The molecule has 3 nitrogen and oxygen atoms in total. The standard InChI is InChI=1S/C11H10O3S3/c1-2-17(13,14)11-9(10(12)15-16-11)8-6-4-3-5-7-8/h3-7H,2H2,1H3. The summed E-state index contributed by atoms with van der Waals surface area (Å²) in [6, 6.07) is 8.92. The van der Waals surface area contributed by atoms with Gasteiger partial charge in [-0.3, -0.25) is 4.79 Å². The van der Waals surface area contributed by atoms with Crippen molar-refractivity contribution in [3.63, 3.8) is 0 Å². The van der Waals surface area contributed by atoms with E-state index in [1.54, 1.807) is 31.2 Å². The third-order valence-corrected chi connectivity index (χ3v) is 7.18. The molecule has 2 rings (SSSR count). The second kappa shape index (κ2) is 4.72. The van der Waals surface area contributed by atoms with E-state index in [0.29, 0.717) is 11.1 Å². The fourth-order valence-electron chi connectivity index (χ4n) is 1.42. The number of hydrogen-bond donors (Lipinski definition) is 0. The van der Waals surface area contributed by atoms with Crippen LogP contribution >= 0.6 is 20.7 Å². The first kappa shape index (κ1) is 12.5. The fraction of sp³-hybridized carbons (Fsp3) is 0.182. The maximum atomic E-state index is 11.9. The van der Waals surface area contributed by atoms with Crippen molar-refractivity contribution in [2.24, 2.45) is 0 Å². The van der Waals surface area contributed by atoms with Gasteiger partial charge in [-0.2, -0.15) is 0 Å². The van der Waals surface area contributed by atoms with Gasteiger partial charge in [-0.25, -0.2) is 8.42 Å². The molecule has 0 amide bonds. The summed E-state index contributed by atoms with van der Waals surface area (Å²) in [6.07, 6.45) is 0. The van der Waals surface area contributed by atoms with Crippen molar-refractivity contribution < 1.29 is 8.42 Å². The molecule has 0 aliphatic heterocycles. The predicted octanol–water partition coefficient (Wildman–Crippen LogP) is 2.63. The molecule has 17 heavy (non-hydrogen) atoms. The lowest BCUT2D eigenvalue weighted by molar-refractivity contribution is 0.599. The first-order chi connectivity index (χ1) is 8.06. The topological polar surface area (TPSA) is 51.2 Å². The minimum absolute atomic E-state index is 0.0134. The first-order valence-electron chi connectivity index (χ1n) is 4.97. The SMILES string of the molecule is CCS(=O)(=O)c1ssc(=O)c1-c1ccccc1. The number of hydrogen-bond acceptors (Lipinski definition) is 5. The smallest absolute Gasteiger partial charge is 0.252 e. The summed E-state index contributed by atoms with van der Waals surface area (Å²) in [5.41, 5.74) is 0.990. The maximum absolute atomic E-state index is 11.9. The predicted molar refractivity (Wildman–Crippen MR) is 71.6 cm³/mol. The maximum Gasteiger partial charge on any atom is 0.252 e. The van der Waals surface area contributed by atoms with Crippen molar-refractivity contribution in [2.45, 2.75) is 11.1 Å². The highest BCUT2D eigenvalue weighted by Gasteiger charge is 2.23. The Kier molecular flexibility index (Phi) is 3.46. The van der Waals surface area contributed by atoms with E-state index < -0.39 is 9.84 Å². The van der Waals surface area contributed by atoms with Crippen molar-refractivity contribution in [1.29, 1.82) is 0 Å². The molecule has 90 valence electrons. The van der Waals surface area contributed by atoms with Crippen LogP contribution in [0.2, 0.25) is 0 Å². The summed E-state index contributed by atoms with van der Waals surface area (Å²) < 4.78 is 23.8. The van der Waals surface area contributed by atoms with E-state index in [1.165, 1.54) is 0 Å². The van der Waals surface area contributed by atoms with Gasteiger partial charge in [0, 0.05) is 0 Å². The molecule has 0 saturated heterocycles. The van der Waals surface area contributed by atoms with Crippen LogP contribution in [0.5, 0.6) is 0 Å². The first-order valence-corrected chi connectivity index (χ1v) is 8.78. The van der Waals surface area contributed by atoms with E-state index in [4.69, 9.17) is 0 Å². The zero-order valence-corrected chi connectivity index (χ0v) is 11.5. The molecule has 1 aromatic carbocycles. The summed E-state index contributed by atoms with van der Waals surface area (Å²) in [6.45, 7) is 1.58. The van der Waals surface area contributed by atoms with E-state index in [2.05, 4.69) is 0 Å². The number of sulfone groups is 1. The lowest BCUT2D eigenvalue weighted by Crippen LogP contribution is -2.06. The second-order valence-corrected chi connectivity index (χ2v) is 7.97. The summed E-state index contributed by atoms with van der Waals surface area (Å²) in [7, 11) is -1.31. The molecule has 0 bridgehead atoms. The van der Waals surface area contributed by atoms with E-state index in [0.717, 1.165) is 20.7 Å². The van der Waals surface area contributed by atoms with Crippen LogP contribution in [-0.2, 0) is 9.84 Å². The minimum atomic E-state index is -3.33. The lowest BCUT2D eigenvalue weighted by Gasteiger charge is -2.01. The average Bonchev–Trinajstić information content (AvgIpc) is 2.73. The molecular formula is C11H10O3S3. The van der Waals surface area contributed by atoms with Gasteiger partial charge in [0.2, 0.25) is 0 Å². The lowest BCUT2D eigenvalue weighted by atomic mass is 10.1. The molecule has 1 heterocycles. The van der Waals surface area contributed by atoms with Crippen molar-refractivity contribution in [3.05, 3.63) is 39.9 Å². The van der Waals surface area contributed by atoms with Gasteiger partial charge in [0.05, 0.1) is 11.3 Å². The quantitative estimate of drug-likeness (QED) is 0.815. The van der Waals surface area contributed by atoms with Gasteiger partial charge in [-0.15, -0.1) is 0 Å². The largest absolute Gasteiger partial charge is 0.276 e. The third-order valence-electron chi connectivity index (χ3n) is 2.33. The highest BCUT2D eigenvalue weighted by molar-refractivity contribution is 7.95. The normalized spacial score (nSPS) is 11.6. The Labute approximate surface area is 107 Å². The van der Waals surface area contributed by atoms with E-state index in [9.17, 15) is 13.2 Å². The molecule has 0 radical (unpaired) electrons. The molecule has 0 aliphatic carbocycles. The molecule has 0 spiro atoms. The van der Waals surface area contributed by atoms with E-state index in [1.807, 2.05) is 6.07 Å². The van der Waals surface area contributed by atoms with Crippen LogP contribution in [0, 0.1) is 0 Å². The fourth-order valence-corrected chi connectivity index (χ4v) is 6.04. The Bertz CT molecular complexity index is 665. The molecule has 2 aromatic rings. The van der Waals surface area contributed by atoms with Crippen LogP contribution in [0.3, 0.4) is 0 Å². The van der Waals surface area contributed by atoms with Crippen LogP contribution in [0.25, 0.3) is 11.1 Å². The summed E-state index contributed by atoms with van der Waals surface area (Å²) in [5, 5.41) is 0. The molecule has 0 fully saturated rings. The molecule has 0 atom stereocenters. The van der Waals surface area contributed by atoms with Crippen LogP contribution in [-0.4, -0.2) is 14.2 Å². The van der Waals surface area contributed by atoms with E-state index >= 15 is 0 Å². The molecule has 0 aliphatic rings. The van der Waals surface area contributed by atoms with Crippen LogP contribution in [0.1, 0.15) is 6.92 Å². The van der Waals surface area contributed by atoms with E-state index in [-0.39, 0.29) is 14.7 Å². The monoisotopic (exact) mass is 286 g/mol. The van der Waals surface area contributed by atoms with Crippen LogP contribution < -0.4 is 4.74 Å². The summed E-state index contributed by atoms with van der Waals surface area (Å²) in [4.78, 5) is 11.8. The Hall–Kier alpha value is -0.980. The van der Waals surface area contributed by atoms with Gasteiger partial charge in [-0.05, 0) is 15.9 Å². The molecule has 0 unspecified atom stereocenters.